The zero-order valence-electron chi connectivity index (χ0n) is 20.2. The Hall–Kier alpha value is -4.54. The number of carbonyl (C=O) groups is 2. The Morgan fingerprint density at radius 2 is 1.97 bits per heavy atom. The lowest BCUT2D eigenvalue weighted by molar-refractivity contribution is 0.0946. The Bertz CT molecular complexity index is 1490. The molecule has 0 bridgehead atoms. The van der Waals surface area contributed by atoms with E-state index in [2.05, 4.69) is 15.3 Å². The van der Waals surface area contributed by atoms with E-state index < -0.39 is 17.8 Å². The fourth-order valence-corrected chi connectivity index (χ4v) is 4.64. The fraction of sp³-hybridized carbons (Fsp3) is 0.269. The van der Waals surface area contributed by atoms with E-state index in [4.69, 9.17) is 10.8 Å². The molecule has 2 aromatic carbocycles. The number of aryl methyl sites for hydroxylation is 1. The topological polar surface area (TPSA) is 139 Å². The molecule has 0 aliphatic carbocycles. The van der Waals surface area contributed by atoms with E-state index in [0.717, 1.165) is 29.5 Å². The predicted molar refractivity (Wildman–Crippen MR) is 135 cm³/mol. The first-order chi connectivity index (χ1) is 17.8. The van der Waals surface area contributed by atoms with Crippen molar-refractivity contribution in [2.75, 3.05) is 18.8 Å². The van der Waals surface area contributed by atoms with Crippen molar-refractivity contribution in [1.29, 1.82) is 0 Å². The maximum absolute atomic E-state index is 14.1. The third-order valence-electron chi connectivity index (χ3n) is 6.58. The summed E-state index contributed by atoms with van der Waals surface area (Å²) in [7, 11) is 0. The van der Waals surface area contributed by atoms with Crippen LogP contribution in [0.2, 0.25) is 0 Å². The number of piperidine rings is 1. The summed E-state index contributed by atoms with van der Waals surface area (Å²) in [5.41, 5.74) is 9.70. The first kappa shape index (κ1) is 24.2. The minimum atomic E-state index is -0.955. The highest BCUT2D eigenvalue weighted by Gasteiger charge is 2.28. The van der Waals surface area contributed by atoms with Crippen molar-refractivity contribution in [3.05, 3.63) is 71.3 Å². The van der Waals surface area contributed by atoms with Gasteiger partial charge in [0.15, 0.2) is 5.65 Å². The van der Waals surface area contributed by atoms with Crippen LogP contribution in [-0.4, -0.2) is 54.8 Å². The number of anilines is 1. The number of fused-ring (bicyclic) bond motifs is 1. The van der Waals surface area contributed by atoms with E-state index in [0.29, 0.717) is 29.8 Å². The average molecular weight is 504 g/mol. The number of likely N-dealkylation sites (tertiary alicyclic amines) is 1. The Kier molecular flexibility index (Phi) is 6.43. The Morgan fingerprint density at radius 1 is 1.19 bits per heavy atom. The molecule has 0 saturated carbocycles. The van der Waals surface area contributed by atoms with Gasteiger partial charge in [-0.25, -0.2) is 23.8 Å². The minimum Gasteiger partial charge on any atom is -0.465 e. The van der Waals surface area contributed by atoms with E-state index in [-0.39, 0.29) is 24.0 Å². The first-order valence-electron chi connectivity index (χ1n) is 11.9. The molecular formula is C26H26FN7O3. The summed E-state index contributed by atoms with van der Waals surface area (Å²) in [5, 5.41) is 17.6. The molecule has 2 amide bonds. The summed E-state index contributed by atoms with van der Waals surface area (Å²) in [6.07, 6.45) is 1.91. The summed E-state index contributed by atoms with van der Waals surface area (Å²) >= 11 is 0. The van der Waals surface area contributed by atoms with E-state index in [1.165, 1.54) is 23.4 Å². The van der Waals surface area contributed by atoms with Gasteiger partial charge in [-0.15, -0.1) is 0 Å². The van der Waals surface area contributed by atoms with Crippen LogP contribution in [0, 0.1) is 12.7 Å². The van der Waals surface area contributed by atoms with Gasteiger partial charge >= 0.3 is 6.09 Å². The smallest absolute Gasteiger partial charge is 0.407 e. The normalized spacial score (nSPS) is 15.6. The predicted octanol–water partition coefficient (Wildman–Crippen LogP) is 3.77. The number of nitrogens with one attached hydrogen (secondary N) is 1. The van der Waals surface area contributed by atoms with Crippen molar-refractivity contribution in [2.24, 2.45) is 0 Å². The highest BCUT2D eigenvalue weighted by Crippen LogP contribution is 2.33. The van der Waals surface area contributed by atoms with Gasteiger partial charge in [0, 0.05) is 25.2 Å². The molecule has 1 saturated heterocycles. The number of halogens is 1. The van der Waals surface area contributed by atoms with Gasteiger partial charge < -0.3 is 21.1 Å². The van der Waals surface area contributed by atoms with Gasteiger partial charge in [-0.05, 0) is 43.0 Å². The van der Waals surface area contributed by atoms with Crippen LogP contribution in [0.5, 0.6) is 0 Å². The van der Waals surface area contributed by atoms with E-state index in [9.17, 15) is 19.1 Å². The standard InChI is InChI=1S/C26H26FN7O3/c1-15-4-9-19(20(27)11-15)25(35)29-12-16-5-7-17(8-6-16)22-21-23(28)30-14-31-24(21)34(32-22)18-3-2-10-33(13-18)26(36)37/h4-9,11,14,18H,2-3,10,12-13H2,1H3,(H,29,35)(H,36,37)(H2,28,30,31)/t18-/m1/s1. The highest BCUT2D eigenvalue weighted by atomic mass is 19.1. The minimum absolute atomic E-state index is 0.00104. The van der Waals surface area contributed by atoms with Crippen LogP contribution < -0.4 is 11.1 Å². The van der Waals surface area contributed by atoms with Crippen molar-refractivity contribution in [1.82, 2.24) is 30.0 Å². The third kappa shape index (κ3) is 4.80. The summed E-state index contributed by atoms with van der Waals surface area (Å²) in [6, 6.07) is 11.7. The van der Waals surface area contributed by atoms with Gasteiger partial charge in [0.05, 0.1) is 17.0 Å². The lowest BCUT2D eigenvalue weighted by atomic mass is 10.1. The summed E-state index contributed by atoms with van der Waals surface area (Å²) in [4.78, 5) is 33.9. The molecular weight excluding hydrogens is 477 g/mol. The third-order valence-corrected chi connectivity index (χ3v) is 6.58. The SMILES string of the molecule is Cc1ccc(C(=O)NCc2ccc(-c3nn([C@@H]4CCCN(C(=O)O)C4)c4ncnc(N)c34)cc2)c(F)c1. The molecule has 1 fully saturated rings. The van der Waals surface area contributed by atoms with E-state index in [1.807, 2.05) is 24.3 Å². The molecule has 1 atom stereocenters. The number of hydrogen-bond donors (Lipinski definition) is 3. The summed E-state index contributed by atoms with van der Waals surface area (Å²) < 4.78 is 15.9. The second-order valence-electron chi connectivity index (χ2n) is 9.14. The molecule has 190 valence electrons. The van der Waals surface area contributed by atoms with Crippen molar-refractivity contribution in [3.63, 3.8) is 0 Å². The van der Waals surface area contributed by atoms with Gasteiger partial charge in [0.1, 0.15) is 23.7 Å². The lowest BCUT2D eigenvalue weighted by Gasteiger charge is -2.30. The zero-order chi connectivity index (χ0) is 26.1. The van der Waals surface area contributed by atoms with Crippen LogP contribution in [0.3, 0.4) is 0 Å². The van der Waals surface area contributed by atoms with E-state index in [1.54, 1.807) is 17.7 Å². The molecule has 1 aliphatic rings. The number of aromatic nitrogens is 4. The Labute approximate surface area is 211 Å². The molecule has 0 radical (unpaired) electrons. The number of nitrogens with zero attached hydrogens (tertiary/aromatic N) is 5. The van der Waals surface area contributed by atoms with Crippen LogP contribution in [0.25, 0.3) is 22.3 Å². The van der Waals surface area contributed by atoms with Gasteiger partial charge in [-0.1, -0.05) is 30.3 Å². The van der Waals surface area contributed by atoms with Crippen LogP contribution in [0.15, 0.2) is 48.8 Å². The molecule has 3 heterocycles. The van der Waals surface area contributed by atoms with Gasteiger partial charge in [0.25, 0.3) is 5.91 Å². The maximum atomic E-state index is 14.1. The number of amides is 2. The molecule has 4 aromatic rings. The van der Waals surface area contributed by atoms with Crippen molar-refractivity contribution in [2.45, 2.75) is 32.4 Å². The quantitative estimate of drug-likeness (QED) is 0.377. The van der Waals surface area contributed by atoms with Crippen LogP contribution in [0.4, 0.5) is 15.0 Å². The molecule has 10 nitrogen and oxygen atoms in total. The van der Waals surface area contributed by atoms with Gasteiger partial charge in [-0.2, -0.15) is 5.10 Å². The van der Waals surface area contributed by atoms with Crippen LogP contribution in [0.1, 0.15) is 40.4 Å². The molecule has 1 aliphatic heterocycles. The largest absolute Gasteiger partial charge is 0.465 e. The number of carbonyl (C=O) groups excluding carboxylic acids is 1. The second kappa shape index (κ2) is 9.84. The van der Waals surface area contributed by atoms with Gasteiger partial charge in [-0.3, -0.25) is 4.79 Å². The number of hydrogen-bond acceptors (Lipinski definition) is 6. The number of carboxylic acid groups (broad SMARTS) is 1. The first-order valence-corrected chi connectivity index (χ1v) is 11.9. The molecule has 4 N–H and O–H groups in total. The Balaban J connectivity index is 1.39. The highest BCUT2D eigenvalue weighted by molar-refractivity contribution is 5.98. The van der Waals surface area contributed by atoms with Crippen LogP contribution >= 0.6 is 0 Å². The number of rotatable bonds is 5. The average Bonchev–Trinajstić information content (AvgIpc) is 3.29. The van der Waals surface area contributed by atoms with Crippen LogP contribution in [-0.2, 0) is 6.54 Å². The number of benzene rings is 2. The number of nitrogen functional groups attached to an aromatic ring is 1. The van der Waals surface area contributed by atoms with E-state index >= 15 is 0 Å². The van der Waals surface area contributed by atoms with Crippen molar-refractivity contribution < 1.29 is 19.1 Å². The lowest BCUT2D eigenvalue weighted by Crippen LogP contribution is -2.40. The zero-order valence-corrected chi connectivity index (χ0v) is 20.2. The van der Waals surface area contributed by atoms with Crippen molar-refractivity contribution >= 4 is 28.9 Å². The van der Waals surface area contributed by atoms with Crippen molar-refractivity contribution in [3.8, 4) is 11.3 Å². The van der Waals surface area contributed by atoms with Gasteiger partial charge in [0.2, 0.25) is 0 Å². The molecule has 2 aromatic heterocycles. The summed E-state index contributed by atoms with van der Waals surface area (Å²) in [6.45, 7) is 2.79. The second-order valence-corrected chi connectivity index (χ2v) is 9.14. The maximum Gasteiger partial charge on any atom is 0.407 e. The molecule has 0 spiro atoms. The molecule has 5 rings (SSSR count). The number of nitrogens with two attached hydrogens (primary N) is 1. The molecule has 37 heavy (non-hydrogen) atoms. The fourth-order valence-electron chi connectivity index (χ4n) is 4.64. The molecule has 11 heteroatoms. The Morgan fingerprint density at radius 3 is 2.70 bits per heavy atom. The summed E-state index contributed by atoms with van der Waals surface area (Å²) in [5.74, 6) is -0.757. The molecule has 0 unspecified atom stereocenters. The monoisotopic (exact) mass is 503 g/mol.